The summed E-state index contributed by atoms with van der Waals surface area (Å²) in [5.41, 5.74) is 3.03. The number of aliphatic hydroxyl groups excluding tert-OH is 1. The lowest BCUT2D eigenvalue weighted by Crippen LogP contribution is -2.04. The molecule has 0 fully saturated rings. The van der Waals surface area contributed by atoms with Gasteiger partial charge in [0.05, 0.1) is 30.7 Å². The first-order valence-electron chi connectivity index (χ1n) is 6.50. The number of rotatable bonds is 3. The number of aliphatic hydroxyl groups is 1. The van der Waals surface area contributed by atoms with Crippen LogP contribution in [0.15, 0.2) is 48.7 Å². The minimum atomic E-state index is -0.424. The molecule has 3 rings (SSSR count). The van der Waals surface area contributed by atoms with Gasteiger partial charge >= 0.3 is 5.97 Å². The van der Waals surface area contributed by atoms with Crippen molar-refractivity contribution >= 4 is 11.6 Å². The van der Waals surface area contributed by atoms with Crippen LogP contribution in [0.3, 0.4) is 0 Å². The van der Waals surface area contributed by atoms with Crippen LogP contribution in [-0.4, -0.2) is 27.6 Å². The topological polar surface area (TPSA) is 63.8 Å². The molecule has 1 aromatic carbocycles. The van der Waals surface area contributed by atoms with Gasteiger partial charge in [-0.3, -0.25) is 0 Å². The number of imidazole rings is 1. The van der Waals surface area contributed by atoms with Crippen LogP contribution < -0.4 is 0 Å². The first kappa shape index (κ1) is 13.3. The predicted molar refractivity (Wildman–Crippen MR) is 77.9 cm³/mol. The molecule has 0 atom stereocenters. The van der Waals surface area contributed by atoms with Crippen molar-refractivity contribution < 1.29 is 14.6 Å². The van der Waals surface area contributed by atoms with Gasteiger partial charge in [0.2, 0.25) is 0 Å². The molecule has 0 unspecified atom stereocenters. The van der Waals surface area contributed by atoms with E-state index in [4.69, 9.17) is 4.74 Å². The standard InChI is InChI=1S/C16H14N2O3/c1-21-16(20)12-7-3-2-6-11(12)15-13(10-19)18-9-5-4-8-14(18)17-15/h2-9,19H,10H2,1H3. The highest BCUT2D eigenvalue weighted by molar-refractivity contribution is 5.97. The van der Waals surface area contributed by atoms with E-state index in [1.165, 1.54) is 7.11 Å². The number of benzene rings is 1. The number of fused-ring (bicyclic) bond motifs is 1. The SMILES string of the molecule is COC(=O)c1ccccc1-c1nc2ccccn2c1CO. The molecule has 0 saturated carbocycles. The lowest BCUT2D eigenvalue weighted by molar-refractivity contribution is 0.0601. The van der Waals surface area contributed by atoms with Crippen LogP contribution >= 0.6 is 0 Å². The van der Waals surface area contributed by atoms with Crippen molar-refractivity contribution in [3.63, 3.8) is 0 Å². The minimum absolute atomic E-state index is 0.171. The summed E-state index contributed by atoms with van der Waals surface area (Å²) in [4.78, 5) is 16.4. The summed E-state index contributed by atoms with van der Waals surface area (Å²) in [6.45, 7) is -0.171. The Labute approximate surface area is 121 Å². The zero-order valence-electron chi connectivity index (χ0n) is 11.5. The maximum Gasteiger partial charge on any atom is 0.338 e. The van der Waals surface area contributed by atoms with Crippen molar-refractivity contribution in [2.75, 3.05) is 7.11 Å². The number of carbonyl (C=O) groups excluding carboxylic acids is 1. The molecule has 106 valence electrons. The molecule has 0 spiro atoms. The molecule has 0 aliphatic rings. The Bertz CT molecular complexity index is 808. The van der Waals surface area contributed by atoms with Crippen LogP contribution in [0.25, 0.3) is 16.9 Å². The van der Waals surface area contributed by atoms with Crippen LogP contribution in [0, 0.1) is 0 Å². The van der Waals surface area contributed by atoms with Crippen LogP contribution in [0.2, 0.25) is 0 Å². The van der Waals surface area contributed by atoms with Crippen molar-refractivity contribution in [3.05, 3.63) is 59.9 Å². The van der Waals surface area contributed by atoms with Crippen LogP contribution in [0.4, 0.5) is 0 Å². The lowest BCUT2D eigenvalue weighted by atomic mass is 10.0. The van der Waals surface area contributed by atoms with E-state index in [1.807, 2.05) is 34.9 Å². The second-order valence-corrected chi connectivity index (χ2v) is 4.53. The zero-order chi connectivity index (χ0) is 14.8. The van der Waals surface area contributed by atoms with Crippen LogP contribution in [0.5, 0.6) is 0 Å². The zero-order valence-corrected chi connectivity index (χ0v) is 11.5. The van der Waals surface area contributed by atoms with Crippen LogP contribution in [0.1, 0.15) is 16.1 Å². The van der Waals surface area contributed by atoms with Crippen molar-refractivity contribution in [2.45, 2.75) is 6.61 Å². The molecule has 3 aromatic rings. The number of hydrogen-bond acceptors (Lipinski definition) is 4. The Hall–Kier alpha value is -2.66. The van der Waals surface area contributed by atoms with E-state index in [1.54, 1.807) is 18.2 Å². The number of methoxy groups -OCH3 is 1. The number of nitrogens with zero attached hydrogens (tertiary/aromatic N) is 2. The Balaban J connectivity index is 2.28. The van der Waals surface area contributed by atoms with E-state index >= 15 is 0 Å². The normalized spacial score (nSPS) is 10.8. The van der Waals surface area contributed by atoms with E-state index < -0.39 is 5.97 Å². The third-order valence-electron chi connectivity index (χ3n) is 3.37. The highest BCUT2D eigenvalue weighted by atomic mass is 16.5. The Kier molecular flexibility index (Phi) is 3.41. The van der Waals surface area contributed by atoms with Gasteiger partial charge in [0.15, 0.2) is 0 Å². The molecule has 2 aromatic heterocycles. The molecule has 5 heteroatoms. The highest BCUT2D eigenvalue weighted by Crippen LogP contribution is 2.28. The lowest BCUT2D eigenvalue weighted by Gasteiger charge is -2.07. The fourth-order valence-corrected chi connectivity index (χ4v) is 2.39. The molecular weight excluding hydrogens is 268 g/mol. The van der Waals surface area contributed by atoms with Gasteiger partial charge in [0, 0.05) is 11.8 Å². The second-order valence-electron chi connectivity index (χ2n) is 4.53. The highest BCUT2D eigenvalue weighted by Gasteiger charge is 2.19. The molecule has 5 nitrogen and oxygen atoms in total. The van der Waals surface area contributed by atoms with Gasteiger partial charge in [-0.1, -0.05) is 24.3 Å². The molecule has 0 bridgehead atoms. The summed E-state index contributed by atoms with van der Waals surface area (Å²) < 4.78 is 6.62. The third-order valence-corrected chi connectivity index (χ3v) is 3.37. The van der Waals surface area contributed by atoms with E-state index in [0.717, 1.165) is 5.65 Å². The number of pyridine rings is 1. The number of hydrogen-bond donors (Lipinski definition) is 1. The van der Waals surface area contributed by atoms with Gasteiger partial charge in [0.1, 0.15) is 5.65 Å². The van der Waals surface area contributed by atoms with Gasteiger partial charge < -0.3 is 14.2 Å². The summed E-state index contributed by atoms with van der Waals surface area (Å²) in [6.07, 6.45) is 1.83. The number of carbonyl (C=O) groups is 1. The molecule has 2 heterocycles. The molecular formula is C16H14N2O3. The van der Waals surface area contributed by atoms with Crippen LogP contribution in [-0.2, 0) is 11.3 Å². The average Bonchev–Trinajstić information content (AvgIpc) is 2.92. The summed E-state index contributed by atoms with van der Waals surface area (Å²) in [5.74, 6) is -0.424. The van der Waals surface area contributed by atoms with Gasteiger partial charge in [-0.2, -0.15) is 0 Å². The fourth-order valence-electron chi connectivity index (χ4n) is 2.39. The smallest absolute Gasteiger partial charge is 0.338 e. The summed E-state index contributed by atoms with van der Waals surface area (Å²) in [6, 6.07) is 12.7. The average molecular weight is 282 g/mol. The molecule has 0 radical (unpaired) electrons. The predicted octanol–water partition coefficient (Wildman–Crippen LogP) is 2.28. The van der Waals surface area contributed by atoms with Crippen molar-refractivity contribution in [2.24, 2.45) is 0 Å². The minimum Gasteiger partial charge on any atom is -0.465 e. The Morgan fingerprint density at radius 3 is 2.76 bits per heavy atom. The fraction of sp³-hybridized carbons (Fsp3) is 0.125. The first-order chi connectivity index (χ1) is 10.3. The molecule has 0 saturated heterocycles. The summed E-state index contributed by atoms with van der Waals surface area (Å²) in [7, 11) is 1.34. The molecule has 0 amide bonds. The maximum absolute atomic E-state index is 11.9. The van der Waals surface area contributed by atoms with E-state index in [-0.39, 0.29) is 6.61 Å². The monoisotopic (exact) mass is 282 g/mol. The third kappa shape index (κ3) is 2.17. The van der Waals surface area contributed by atoms with E-state index in [2.05, 4.69) is 4.98 Å². The molecule has 0 aliphatic carbocycles. The van der Waals surface area contributed by atoms with Crippen molar-refractivity contribution in [3.8, 4) is 11.3 Å². The number of aromatic nitrogens is 2. The molecule has 0 aliphatic heterocycles. The summed E-state index contributed by atoms with van der Waals surface area (Å²) >= 11 is 0. The first-order valence-corrected chi connectivity index (χ1v) is 6.50. The van der Waals surface area contributed by atoms with Gasteiger partial charge in [-0.05, 0) is 18.2 Å². The maximum atomic E-state index is 11.9. The second kappa shape index (κ2) is 5.38. The van der Waals surface area contributed by atoms with Crippen molar-refractivity contribution in [1.29, 1.82) is 0 Å². The Morgan fingerprint density at radius 2 is 2.00 bits per heavy atom. The molecule has 1 N–H and O–H groups in total. The van der Waals surface area contributed by atoms with Gasteiger partial charge in [-0.15, -0.1) is 0 Å². The summed E-state index contributed by atoms with van der Waals surface area (Å²) in [5, 5.41) is 9.68. The van der Waals surface area contributed by atoms with Crippen molar-refractivity contribution in [1.82, 2.24) is 9.38 Å². The Morgan fingerprint density at radius 1 is 1.24 bits per heavy atom. The van der Waals surface area contributed by atoms with Gasteiger partial charge in [-0.25, -0.2) is 9.78 Å². The van der Waals surface area contributed by atoms with Gasteiger partial charge in [0.25, 0.3) is 0 Å². The quantitative estimate of drug-likeness (QED) is 0.749. The largest absolute Gasteiger partial charge is 0.465 e. The van der Waals surface area contributed by atoms with E-state index in [9.17, 15) is 9.90 Å². The number of esters is 1. The molecule has 21 heavy (non-hydrogen) atoms. The van der Waals surface area contributed by atoms with E-state index in [0.29, 0.717) is 22.5 Å². The number of ether oxygens (including phenoxy) is 1.